The molecule has 0 aromatic carbocycles. The number of esters is 1. The van der Waals surface area contributed by atoms with Crippen LogP contribution in [0, 0.1) is 0 Å². The molecule has 7 heteroatoms. The number of carboxylic acids is 1. The summed E-state index contributed by atoms with van der Waals surface area (Å²) in [6, 6.07) is -1.02. The van der Waals surface area contributed by atoms with Crippen LogP contribution in [0.1, 0.15) is 6.92 Å². The van der Waals surface area contributed by atoms with Gasteiger partial charge in [0.15, 0.2) is 0 Å². The van der Waals surface area contributed by atoms with E-state index < -0.39 is 23.8 Å². The Morgan fingerprint density at radius 1 is 1.47 bits per heavy atom. The van der Waals surface area contributed by atoms with Gasteiger partial charge in [-0.1, -0.05) is 0 Å². The topological polar surface area (TPSA) is 107 Å². The molecule has 15 heavy (non-hydrogen) atoms. The summed E-state index contributed by atoms with van der Waals surface area (Å²) >= 11 is 0.996. The lowest BCUT2D eigenvalue weighted by Gasteiger charge is -2.04. The second kappa shape index (κ2) is 7.24. The van der Waals surface area contributed by atoms with Crippen molar-refractivity contribution in [2.24, 2.45) is 5.73 Å². The smallest absolute Gasteiger partial charge is 0.375 e. The first-order chi connectivity index (χ1) is 6.99. The Hall–Kier alpha value is -1.08. The van der Waals surface area contributed by atoms with Crippen molar-refractivity contribution in [1.82, 2.24) is 0 Å². The number of ether oxygens (including phenoxy) is 1. The predicted octanol–water partition coefficient (Wildman–Crippen LogP) is -0.736. The molecule has 0 aliphatic rings. The third kappa shape index (κ3) is 6.08. The molecular formula is C8H13NO5S. The number of aliphatic carboxylic acids is 1. The van der Waals surface area contributed by atoms with Crippen LogP contribution in [0.4, 0.5) is 0 Å². The van der Waals surface area contributed by atoms with Crippen LogP contribution < -0.4 is 5.73 Å². The number of thioether (sulfide) groups is 1. The van der Waals surface area contributed by atoms with Crippen LogP contribution in [-0.4, -0.2) is 47.0 Å². The van der Waals surface area contributed by atoms with E-state index >= 15 is 0 Å². The van der Waals surface area contributed by atoms with E-state index in [4.69, 9.17) is 10.8 Å². The third-order valence-electron chi connectivity index (χ3n) is 1.35. The van der Waals surface area contributed by atoms with Gasteiger partial charge in [-0.05, 0) is 6.92 Å². The molecule has 6 nitrogen and oxygen atoms in total. The fourth-order valence-corrected chi connectivity index (χ4v) is 1.44. The van der Waals surface area contributed by atoms with E-state index in [1.807, 2.05) is 0 Å². The Kier molecular flexibility index (Phi) is 6.72. The molecule has 0 aromatic heterocycles. The Morgan fingerprint density at radius 3 is 2.53 bits per heavy atom. The molecule has 3 N–H and O–H groups in total. The van der Waals surface area contributed by atoms with Crippen molar-refractivity contribution in [3.8, 4) is 0 Å². The lowest BCUT2D eigenvalue weighted by molar-refractivity contribution is -0.152. The number of carbonyl (C=O) groups excluding carboxylic acids is 2. The Labute approximate surface area is 91.1 Å². The third-order valence-corrected chi connectivity index (χ3v) is 2.41. The number of carbonyl (C=O) groups is 3. The van der Waals surface area contributed by atoms with Crippen LogP contribution in [0.5, 0.6) is 0 Å². The highest BCUT2D eigenvalue weighted by molar-refractivity contribution is 8.00. The number of rotatable bonds is 7. The first-order valence-corrected chi connectivity index (χ1v) is 5.40. The van der Waals surface area contributed by atoms with Crippen molar-refractivity contribution in [1.29, 1.82) is 0 Å². The van der Waals surface area contributed by atoms with Gasteiger partial charge >= 0.3 is 11.9 Å². The monoisotopic (exact) mass is 235 g/mol. The molecular weight excluding hydrogens is 222 g/mol. The first-order valence-electron chi connectivity index (χ1n) is 4.25. The van der Waals surface area contributed by atoms with Crippen LogP contribution >= 0.6 is 11.8 Å². The minimum absolute atomic E-state index is 0.0838. The highest BCUT2D eigenvalue weighted by Gasteiger charge is 2.17. The quantitative estimate of drug-likeness (QED) is 0.442. The van der Waals surface area contributed by atoms with Crippen LogP contribution in [0.2, 0.25) is 0 Å². The maximum Gasteiger partial charge on any atom is 0.375 e. The van der Waals surface area contributed by atoms with Gasteiger partial charge in [-0.15, -0.1) is 0 Å². The summed E-state index contributed by atoms with van der Waals surface area (Å²) in [5.74, 6) is -2.74. The zero-order valence-corrected chi connectivity index (χ0v) is 9.08. The maximum atomic E-state index is 11.0. The normalized spacial score (nSPS) is 11.9. The Balaban J connectivity index is 3.72. The van der Waals surface area contributed by atoms with E-state index in [1.54, 1.807) is 6.92 Å². The number of hydrogen-bond donors (Lipinski definition) is 2. The van der Waals surface area contributed by atoms with Gasteiger partial charge in [0.05, 0.1) is 12.4 Å². The summed E-state index contributed by atoms with van der Waals surface area (Å²) in [4.78, 5) is 32.1. The van der Waals surface area contributed by atoms with Crippen LogP contribution in [0.15, 0.2) is 0 Å². The number of Topliss-reactive ketones (excluding diaryl/α,β-unsaturated/α-hetero) is 1. The van der Waals surface area contributed by atoms with Gasteiger partial charge in [-0.25, -0.2) is 4.79 Å². The van der Waals surface area contributed by atoms with Crippen molar-refractivity contribution in [2.75, 3.05) is 18.1 Å². The van der Waals surface area contributed by atoms with Crippen LogP contribution in [-0.2, 0) is 19.1 Å². The van der Waals surface area contributed by atoms with E-state index in [2.05, 4.69) is 4.74 Å². The highest BCUT2D eigenvalue weighted by atomic mass is 32.2. The zero-order chi connectivity index (χ0) is 11.8. The molecule has 0 fully saturated rings. The molecule has 0 rings (SSSR count). The molecule has 0 aromatic rings. The van der Waals surface area contributed by atoms with Crippen molar-refractivity contribution in [3.63, 3.8) is 0 Å². The molecule has 0 saturated carbocycles. The number of ketones is 1. The molecule has 0 aliphatic heterocycles. The van der Waals surface area contributed by atoms with Gasteiger partial charge in [0.2, 0.25) is 5.78 Å². The van der Waals surface area contributed by atoms with Crippen molar-refractivity contribution >= 4 is 29.5 Å². The average Bonchev–Trinajstić information content (AvgIpc) is 2.17. The largest absolute Gasteiger partial charge is 0.480 e. The van der Waals surface area contributed by atoms with Crippen molar-refractivity contribution < 1.29 is 24.2 Å². The minimum atomic E-state index is -1.13. The number of carboxylic acid groups (broad SMARTS) is 1. The molecule has 1 unspecified atom stereocenters. The van der Waals surface area contributed by atoms with Crippen molar-refractivity contribution in [3.05, 3.63) is 0 Å². The minimum Gasteiger partial charge on any atom is -0.480 e. The summed E-state index contributed by atoms with van der Waals surface area (Å²) < 4.78 is 4.46. The molecule has 1 atom stereocenters. The van der Waals surface area contributed by atoms with Crippen LogP contribution in [0.25, 0.3) is 0 Å². The van der Waals surface area contributed by atoms with E-state index in [1.165, 1.54) is 0 Å². The molecule has 0 heterocycles. The summed E-state index contributed by atoms with van der Waals surface area (Å²) in [6.45, 7) is 1.74. The second-order valence-corrected chi connectivity index (χ2v) is 3.63. The predicted molar refractivity (Wildman–Crippen MR) is 54.6 cm³/mol. The summed E-state index contributed by atoms with van der Waals surface area (Å²) in [6.07, 6.45) is 0. The van der Waals surface area contributed by atoms with Gasteiger partial charge in [-0.2, -0.15) is 11.8 Å². The van der Waals surface area contributed by atoms with Gasteiger partial charge in [0.25, 0.3) is 0 Å². The van der Waals surface area contributed by atoms with E-state index in [0.717, 1.165) is 11.8 Å². The van der Waals surface area contributed by atoms with E-state index in [-0.39, 0.29) is 18.1 Å². The van der Waals surface area contributed by atoms with E-state index in [0.29, 0.717) is 0 Å². The van der Waals surface area contributed by atoms with Gasteiger partial charge in [0, 0.05) is 5.75 Å². The SMILES string of the molecule is CCOC(=O)C(=O)CSCC(N)C(=O)O. The average molecular weight is 235 g/mol. The molecule has 0 spiro atoms. The van der Waals surface area contributed by atoms with Gasteiger partial charge < -0.3 is 15.6 Å². The zero-order valence-electron chi connectivity index (χ0n) is 8.26. The molecule has 0 radical (unpaired) electrons. The van der Waals surface area contributed by atoms with Gasteiger partial charge in [-0.3, -0.25) is 9.59 Å². The summed E-state index contributed by atoms with van der Waals surface area (Å²) in [5, 5.41) is 8.43. The molecule has 0 bridgehead atoms. The Bertz CT molecular complexity index is 255. The lowest BCUT2D eigenvalue weighted by atomic mass is 10.4. The number of nitrogens with two attached hydrogens (primary N) is 1. The van der Waals surface area contributed by atoms with E-state index in [9.17, 15) is 14.4 Å². The fraction of sp³-hybridized carbons (Fsp3) is 0.625. The first kappa shape index (κ1) is 13.9. The van der Waals surface area contributed by atoms with Crippen molar-refractivity contribution in [2.45, 2.75) is 13.0 Å². The standard InChI is InChI=1S/C8H13NO5S/c1-2-14-8(13)6(10)4-15-3-5(9)7(11)12/h5H,2-4,9H2,1H3,(H,11,12). The fourth-order valence-electron chi connectivity index (χ4n) is 0.620. The second-order valence-electron chi connectivity index (χ2n) is 2.60. The number of hydrogen-bond acceptors (Lipinski definition) is 6. The van der Waals surface area contributed by atoms with Gasteiger partial charge in [0.1, 0.15) is 6.04 Å². The maximum absolute atomic E-state index is 11.0. The summed E-state index contributed by atoms with van der Waals surface area (Å²) in [5.41, 5.74) is 5.19. The molecule has 0 aliphatic carbocycles. The summed E-state index contributed by atoms with van der Waals surface area (Å²) in [7, 11) is 0. The molecule has 0 amide bonds. The van der Waals surface area contributed by atoms with Crippen LogP contribution in [0.3, 0.4) is 0 Å². The Morgan fingerprint density at radius 2 is 2.07 bits per heavy atom. The molecule has 86 valence electrons. The lowest BCUT2D eigenvalue weighted by Crippen LogP contribution is -2.33. The molecule has 0 saturated heterocycles. The highest BCUT2D eigenvalue weighted by Crippen LogP contribution is 2.02.